The van der Waals surface area contributed by atoms with Crippen molar-refractivity contribution in [1.29, 1.82) is 0 Å². The fraction of sp³-hybridized carbons (Fsp3) is 0.417. The van der Waals surface area contributed by atoms with Crippen LogP contribution in [-0.4, -0.2) is 5.97 Å². The SMILES string of the molecule is CCCCC1OC(=O)c2ccccc21.[H-].[Na+]. The predicted molar refractivity (Wildman–Crippen MR) is 55.2 cm³/mol. The number of carbonyl (C=O) groups is 1. The molecule has 1 atom stereocenters. The average molecular weight is 214 g/mol. The first kappa shape index (κ1) is 12.8. The minimum Gasteiger partial charge on any atom is -1.00 e. The van der Waals surface area contributed by atoms with Gasteiger partial charge in [0.2, 0.25) is 0 Å². The van der Waals surface area contributed by atoms with Gasteiger partial charge in [-0.2, -0.15) is 0 Å². The molecule has 1 aromatic rings. The molecule has 1 unspecified atom stereocenters. The maximum atomic E-state index is 11.4. The summed E-state index contributed by atoms with van der Waals surface area (Å²) in [6.45, 7) is 2.14. The summed E-state index contributed by atoms with van der Waals surface area (Å²) < 4.78 is 5.29. The van der Waals surface area contributed by atoms with Crippen LogP contribution in [0, 0.1) is 0 Å². The third-order valence-corrected chi connectivity index (χ3v) is 2.60. The van der Waals surface area contributed by atoms with Gasteiger partial charge in [-0.3, -0.25) is 0 Å². The molecule has 0 N–H and O–H groups in total. The van der Waals surface area contributed by atoms with Crippen LogP contribution in [0.5, 0.6) is 0 Å². The summed E-state index contributed by atoms with van der Waals surface area (Å²) in [6, 6.07) is 7.66. The maximum absolute atomic E-state index is 11.4. The number of hydrogen-bond acceptors (Lipinski definition) is 2. The molecule has 0 bridgehead atoms. The Bertz CT molecular complexity index is 355. The number of fused-ring (bicyclic) bond motifs is 1. The quantitative estimate of drug-likeness (QED) is 0.531. The molecule has 0 saturated carbocycles. The number of carbonyl (C=O) groups excluding carboxylic acids is 1. The van der Waals surface area contributed by atoms with Crippen LogP contribution < -0.4 is 29.6 Å². The first-order chi connectivity index (χ1) is 6.83. The summed E-state index contributed by atoms with van der Waals surface area (Å²) >= 11 is 0. The van der Waals surface area contributed by atoms with Crippen molar-refractivity contribution in [1.82, 2.24) is 0 Å². The van der Waals surface area contributed by atoms with Gasteiger partial charge in [0.15, 0.2) is 0 Å². The van der Waals surface area contributed by atoms with Gasteiger partial charge in [0.1, 0.15) is 6.10 Å². The third kappa shape index (κ3) is 2.63. The summed E-state index contributed by atoms with van der Waals surface area (Å²) in [5.41, 5.74) is 1.81. The molecule has 2 nitrogen and oxygen atoms in total. The zero-order chi connectivity index (χ0) is 9.97. The van der Waals surface area contributed by atoms with Crippen molar-refractivity contribution >= 4 is 5.97 Å². The second kappa shape index (κ2) is 5.69. The van der Waals surface area contributed by atoms with Crippen molar-refractivity contribution < 1.29 is 40.5 Å². The fourth-order valence-corrected chi connectivity index (χ4v) is 1.82. The molecular formula is C12H15NaO2. The molecule has 1 aliphatic rings. The maximum Gasteiger partial charge on any atom is 1.00 e. The number of cyclic esters (lactones) is 1. The van der Waals surface area contributed by atoms with Crippen molar-refractivity contribution in [3.05, 3.63) is 35.4 Å². The topological polar surface area (TPSA) is 26.3 Å². The minimum absolute atomic E-state index is 0. The first-order valence-electron chi connectivity index (χ1n) is 5.13. The van der Waals surface area contributed by atoms with Gasteiger partial charge >= 0.3 is 35.5 Å². The fourth-order valence-electron chi connectivity index (χ4n) is 1.82. The van der Waals surface area contributed by atoms with Crippen LogP contribution in [0.15, 0.2) is 24.3 Å². The molecule has 1 heterocycles. The monoisotopic (exact) mass is 214 g/mol. The van der Waals surface area contributed by atoms with E-state index in [0.717, 1.165) is 30.4 Å². The smallest absolute Gasteiger partial charge is 1.00 e. The number of benzene rings is 1. The van der Waals surface area contributed by atoms with Gasteiger partial charge in [-0.1, -0.05) is 31.5 Å². The van der Waals surface area contributed by atoms with Crippen LogP contribution >= 0.6 is 0 Å². The van der Waals surface area contributed by atoms with Gasteiger partial charge in [0.05, 0.1) is 5.56 Å². The van der Waals surface area contributed by atoms with Crippen LogP contribution in [0.1, 0.15) is 49.6 Å². The molecule has 1 aliphatic heterocycles. The molecule has 0 aromatic heterocycles. The summed E-state index contributed by atoms with van der Waals surface area (Å²) in [5, 5.41) is 0. The van der Waals surface area contributed by atoms with E-state index in [4.69, 9.17) is 4.74 Å². The average Bonchev–Trinajstić information content (AvgIpc) is 2.54. The number of esters is 1. The molecule has 2 rings (SSSR count). The number of unbranched alkanes of at least 4 members (excludes halogenated alkanes) is 1. The van der Waals surface area contributed by atoms with E-state index in [9.17, 15) is 4.79 Å². The van der Waals surface area contributed by atoms with Crippen molar-refractivity contribution in [3.8, 4) is 0 Å². The van der Waals surface area contributed by atoms with E-state index in [1.165, 1.54) is 0 Å². The molecular weight excluding hydrogens is 199 g/mol. The molecule has 0 amide bonds. The van der Waals surface area contributed by atoms with Crippen molar-refractivity contribution in [2.75, 3.05) is 0 Å². The number of ether oxygens (including phenoxy) is 1. The Morgan fingerprint density at radius 2 is 2.13 bits per heavy atom. The van der Waals surface area contributed by atoms with Crippen LogP contribution in [0.25, 0.3) is 0 Å². The Balaban J connectivity index is 0.00000112. The van der Waals surface area contributed by atoms with Gasteiger partial charge < -0.3 is 6.16 Å². The van der Waals surface area contributed by atoms with Crippen LogP contribution in [-0.2, 0) is 4.74 Å². The molecule has 76 valence electrons. The Morgan fingerprint density at radius 3 is 2.87 bits per heavy atom. The van der Waals surface area contributed by atoms with Crippen LogP contribution in [0.3, 0.4) is 0 Å². The molecule has 0 spiro atoms. The number of rotatable bonds is 3. The first-order valence-corrected chi connectivity index (χ1v) is 5.13. The van der Waals surface area contributed by atoms with Gasteiger partial charge in [0, 0.05) is 5.56 Å². The normalized spacial score (nSPS) is 17.9. The molecule has 0 aliphatic carbocycles. The van der Waals surface area contributed by atoms with Crippen molar-refractivity contribution in [2.24, 2.45) is 0 Å². The zero-order valence-corrected chi connectivity index (χ0v) is 11.3. The molecule has 0 saturated heterocycles. The van der Waals surface area contributed by atoms with Crippen LogP contribution in [0.4, 0.5) is 0 Å². The Hall–Kier alpha value is -0.310. The van der Waals surface area contributed by atoms with Crippen molar-refractivity contribution in [2.45, 2.75) is 32.3 Å². The van der Waals surface area contributed by atoms with E-state index < -0.39 is 0 Å². The van der Waals surface area contributed by atoms with E-state index in [1.807, 2.05) is 24.3 Å². The van der Waals surface area contributed by atoms with E-state index in [0.29, 0.717) is 0 Å². The number of hydrogen-bond donors (Lipinski definition) is 0. The summed E-state index contributed by atoms with van der Waals surface area (Å²) in [5.74, 6) is -0.165. The zero-order valence-electron chi connectivity index (χ0n) is 10.3. The second-order valence-corrected chi connectivity index (χ2v) is 3.62. The van der Waals surface area contributed by atoms with Gasteiger partial charge in [0.25, 0.3) is 0 Å². The minimum atomic E-state index is -0.165. The van der Waals surface area contributed by atoms with E-state index >= 15 is 0 Å². The van der Waals surface area contributed by atoms with Crippen LogP contribution in [0.2, 0.25) is 0 Å². The Morgan fingerprint density at radius 1 is 1.40 bits per heavy atom. The van der Waals surface area contributed by atoms with Gasteiger partial charge in [-0.25, -0.2) is 4.79 Å². The van der Waals surface area contributed by atoms with Gasteiger partial charge in [-0.15, -0.1) is 0 Å². The largest absolute Gasteiger partial charge is 1.00 e. The molecule has 1 aromatic carbocycles. The summed E-state index contributed by atoms with van der Waals surface area (Å²) in [6.07, 6.45) is 3.18. The predicted octanol–water partition coefficient (Wildman–Crippen LogP) is 0.205. The molecule has 0 radical (unpaired) electrons. The third-order valence-electron chi connectivity index (χ3n) is 2.60. The molecule has 3 heteroatoms. The Kier molecular flexibility index (Phi) is 4.84. The van der Waals surface area contributed by atoms with Crippen molar-refractivity contribution in [3.63, 3.8) is 0 Å². The summed E-state index contributed by atoms with van der Waals surface area (Å²) in [7, 11) is 0. The van der Waals surface area contributed by atoms with E-state index in [1.54, 1.807) is 0 Å². The van der Waals surface area contributed by atoms with E-state index in [2.05, 4.69) is 6.92 Å². The second-order valence-electron chi connectivity index (χ2n) is 3.62. The Labute approximate surface area is 114 Å². The summed E-state index contributed by atoms with van der Waals surface area (Å²) in [4.78, 5) is 11.4. The molecule has 0 fully saturated rings. The van der Waals surface area contributed by atoms with Gasteiger partial charge in [-0.05, 0) is 18.9 Å². The standard InChI is InChI=1S/C12H14O2.Na.H/c1-2-3-8-11-9-6-4-5-7-10(9)12(13)14-11;;/h4-7,11H,2-3,8H2,1H3;;/q;+1;-1. The van der Waals surface area contributed by atoms with E-state index in [-0.39, 0.29) is 43.1 Å². The molecule has 15 heavy (non-hydrogen) atoms.